The fourth-order valence-electron chi connectivity index (χ4n) is 3.48. The Morgan fingerprint density at radius 3 is 1.87 bits per heavy atom. The number of carbonyl (C=O) groups excluding carboxylic acids is 2. The number of anilines is 1. The summed E-state index contributed by atoms with van der Waals surface area (Å²) in [6, 6.07) is 7.24. The van der Waals surface area contributed by atoms with Crippen molar-refractivity contribution < 1.29 is 32.2 Å². The number of hydrogen-bond donors (Lipinski definition) is 1. The van der Waals surface area contributed by atoms with Gasteiger partial charge in [-0.1, -0.05) is 0 Å². The lowest BCUT2D eigenvalue weighted by Crippen LogP contribution is -2.17. The Balaban J connectivity index is 2.05. The maximum atomic E-state index is 13.1. The minimum Gasteiger partial charge on any atom is -0.495 e. The predicted molar refractivity (Wildman–Crippen MR) is 110 cm³/mol. The summed E-state index contributed by atoms with van der Waals surface area (Å²) in [5.74, 6) is -1.19. The first-order chi connectivity index (χ1) is 14.3. The predicted octanol–water partition coefficient (Wildman–Crippen LogP) is 2.95. The van der Waals surface area contributed by atoms with Crippen LogP contribution in [0.3, 0.4) is 0 Å². The van der Waals surface area contributed by atoms with Gasteiger partial charge in [0, 0.05) is 0 Å². The molecular formula is C21H23NO7S. The van der Waals surface area contributed by atoms with Crippen molar-refractivity contribution in [3.63, 3.8) is 0 Å². The highest BCUT2D eigenvalue weighted by atomic mass is 32.2. The van der Waals surface area contributed by atoms with Gasteiger partial charge in [0.1, 0.15) is 10.6 Å². The van der Waals surface area contributed by atoms with E-state index in [0.29, 0.717) is 0 Å². The van der Waals surface area contributed by atoms with Gasteiger partial charge in [0.15, 0.2) is 0 Å². The van der Waals surface area contributed by atoms with E-state index in [1.54, 1.807) is 12.1 Å². The van der Waals surface area contributed by atoms with Crippen LogP contribution in [0.15, 0.2) is 35.2 Å². The Kier molecular flexibility index (Phi) is 6.31. The monoisotopic (exact) mass is 433 g/mol. The molecule has 3 rings (SSSR count). The first-order valence-corrected chi connectivity index (χ1v) is 10.8. The smallest absolute Gasteiger partial charge is 0.337 e. The number of nitrogens with one attached hydrogen (secondary N) is 1. The second-order valence-corrected chi connectivity index (χ2v) is 8.52. The molecule has 0 radical (unpaired) electrons. The lowest BCUT2D eigenvalue weighted by Gasteiger charge is -2.20. The van der Waals surface area contributed by atoms with Crippen molar-refractivity contribution >= 4 is 27.6 Å². The zero-order chi connectivity index (χ0) is 21.9. The molecule has 0 unspecified atom stereocenters. The molecule has 0 bridgehead atoms. The van der Waals surface area contributed by atoms with Gasteiger partial charge in [0.2, 0.25) is 0 Å². The number of ether oxygens (including phenoxy) is 3. The third-order valence-corrected chi connectivity index (χ3v) is 6.35. The number of methoxy groups -OCH3 is 3. The topological polar surface area (TPSA) is 108 Å². The van der Waals surface area contributed by atoms with Gasteiger partial charge >= 0.3 is 11.9 Å². The number of hydrogen-bond acceptors (Lipinski definition) is 7. The SMILES string of the molecule is COC(=O)c1cc(NS(=O)(=O)c2cc3c(cc2OC)CCCC3)cc(C(=O)OC)c1. The lowest BCUT2D eigenvalue weighted by molar-refractivity contribution is 0.0599. The van der Waals surface area contributed by atoms with Crippen molar-refractivity contribution in [2.24, 2.45) is 0 Å². The Hall–Kier alpha value is -3.07. The molecule has 30 heavy (non-hydrogen) atoms. The van der Waals surface area contributed by atoms with E-state index in [0.717, 1.165) is 36.8 Å². The van der Waals surface area contributed by atoms with Gasteiger partial charge in [0.05, 0.1) is 38.1 Å². The first-order valence-electron chi connectivity index (χ1n) is 9.33. The number of esters is 2. The molecule has 2 aromatic rings. The summed E-state index contributed by atoms with van der Waals surface area (Å²) in [6.07, 6.45) is 3.72. The van der Waals surface area contributed by atoms with E-state index in [1.807, 2.05) is 0 Å². The van der Waals surface area contributed by atoms with Gasteiger partial charge in [-0.05, 0) is 67.1 Å². The lowest BCUT2D eigenvalue weighted by atomic mass is 9.92. The fourth-order valence-corrected chi connectivity index (χ4v) is 4.72. The molecule has 1 N–H and O–H groups in total. The van der Waals surface area contributed by atoms with E-state index in [1.165, 1.54) is 39.5 Å². The average Bonchev–Trinajstić information content (AvgIpc) is 2.76. The largest absolute Gasteiger partial charge is 0.495 e. The normalized spacial score (nSPS) is 13.2. The van der Waals surface area contributed by atoms with Crippen molar-refractivity contribution in [2.75, 3.05) is 26.1 Å². The standard InChI is InChI=1S/C21H23NO7S/c1-27-18-11-13-6-4-5-7-14(13)12-19(18)30(25,26)22-17-9-15(20(23)28-2)8-16(10-17)21(24)29-3/h8-12,22H,4-7H2,1-3H3. The molecule has 1 aliphatic carbocycles. The van der Waals surface area contributed by atoms with Crippen LogP contribution in [0.5, 0.6) is 5.75 Å². The molecule has 0 saturated heterocycles. The second-order valence-electron chi connectivity index (χ2n) is 6.87. The molecule has 0 saturated carbocycles. The van der Waals surface area contributed by atoms with Crippen LogP contribution in [0.25, 0.3) is 0 Å². The van der Waals surface area contributed by atoms with E-state index in [9.17, 15) is 18.0 Å². The molecule has 0 atom stereocenters. The van der Waals surface area contributed by atoms with Crippen molar-refractivity contribution in [1.82, 2.24) is 0 Å². The Morgan fingerprint density at radius 2 is 1.37 bits per heavy atom. The molecule has 2 aromatic carbocycles. The van der Waals surface area contributed by atoms with Crippen LogP contribution in [0.4, 0.5) is 5.69 Å². The van der Waals surface area contributed by atoms with Crippen LogP contribution in [-0.4, -0.2) is 41.7 Å². The molecule has 9 heteroatoms. The molecule has 0 amide bonds. The highest BCUT2D eigenvalue weighted by molar-refractivity contribution is 7.92. The van der Waals surface area contributed by atoms with Gasteiger partial charge < -0.3 is 14.2 Å². The highest BCUT2D eigenvalue weighted by Gasteiger charge is 2.24. The maximum Gasteiger partial charge on any atom is 0.337 e. The van der Waals surface area contributed by atoms with Gasteiger partial charge in [0.25, 0.3) is 10.0 Å². The molecular weight excluding hydrogens is 410 g/mol. The van der Waals surface area contributed by atoms with Crippen molar-refractivity contribution in [3.8, 4) is 5.75 Å². The van der Waals surface area contributed by atoms with Crippen LogP contribution >= 0.6 is 0 Å². The summed E-state index contributed by atoms with van der Waals surface area (Å²) in [5.41, 5.74) is 2.10. The van der Waals surface area contributed by atoms with Crippen molar-refractivity contribution in [2.45, 2.75) is 30.6 Å². The summed E-state index contributed by atoms with van der Waals surface area (Å²) >= 11 is 0. The van der Waals surface area contributed by atoms with Crippen molar-refractivity contribution in [3.05, 3.63) is 52.6 Å². The molecule has 0 aliphatic heterocycles. The quantitative estimate of drug-likeness (QED) is 0.698. The highest BCUT2D eigenvalue weighted by Crippen LogP contribution is 2.33. The number of carbonyl (C=O) groups is 2. The summed E-state index contributed by atoms with van der Waals surface area (Å²) in [4.78, 5) is 23.9. The Labute approximate surface area is 175 Å². The zero-order valence-electron chi connectivity index (χ0n) is 17.0. The minimum atomic E-state index is -4.07. The van der Waals surface area contributed by atoms with Gasteiger partial charge in [-0.2, -0.15) is 0 Å². The Morgan fingerprint density at radius 1 is 0.833 bits per heavy atom. The summed E-state index contributed by atoms with van der Waals surface area (Å²) in [5, 5.41) is 0. The summed E-state index contributed by atoms with van der Waals surface area (Å²) < 4.78 is 43.4. The number of rotatable bonds is 6. The number of fused-ring (bicyclic) bond motifs is 1. The van der Waals surface area contributed by atoms with Crippen LogP contribution in [0, 0.1) is 0 Å². The molecule has 1 aliphatic rings. The van der Waals surface area contributed by atoms with Gasteiger partial charge in [-0.25, -0.2) is 18.0 Å². The first kappa shape index (κ1) is 21.6. The van der Waals surface area contributed by atoms with E-state index in [-0.39, 0.29) is 27.5 Å². The van der Waals surface area contributed by atoms with Gasteiger partial charge in [-0.15, -0.1) is 0 Å². The van der Waals surface area contributed by atoms with Crippen LogP contribution < -0.4 is 9.46 Å². The zero-order valence-corrected chi connectivity index (χ0v) is 17.8. The molecule has 0 fully saturated rings. The molecule has 8 nitrogen and oxygen atoms in total. The third kappa shape index (κ3) is 4.40. The third-order valence-electron chi connectivity index (χ3n) is 4.95. The van der Waals surface area contributed by atoms with Crippen LogP contribution in [-0.2, 0) is 32.3 Å². The van der Waals surface area contributed by atoms with Crippen LogP contribution in [0.2, 0.25) is 0 Å². The summed E-state index contributed by atoms with van der Waals surface area (Å²) in [6.45, 7) is 0. The van der Waals surface area contributed by atoms with Crippen LogP contribution in [0.1, 0.15) is 44.7 Å². The van der Waals surface area contributed by atoms with E-state index < -0.39 is 22.0 Å². The van der Waals surface area contributed by atoms with Gasteiger partial charge in [-0.3, -0.25) is 4.72 Å². The number of aryl methyl sites for hydroxylation is 2. The maximum absolute atomic E-state index is 13.1. The van der Waals surface area contributed by atoms with E-state index in [2.05, 4.69) is 14.2 Å². The number of sulfonamides is 1. The molecule has 0 spiro atoms. The molecule has 0 heterocycles. The second kappa shape index (κ2) is 8.74. The molecule has 0 aromatic heterocycles. The molecule has 160 valence electrons. The summed E-state index contributed by atoms with van der Waals surface area (Å²) in [7, 11) is -0.275. The van der Waals surface area contributed by atoms with E-state index in [4.69, 9.17) is 4.74 Å². The van der Waals surface area contributed by atoms with Crippen molar-refractivity contribution in [1.29, 1.82) is 0 Å². The van der Waals surface area contributed by atoms with E-state index >= 15 is 0 Å². The average molecular weight is 433 g/mol. The fraction of sp³-hybridized carbons (Fsp3) is 0.333. The Bertz CT molecular complexity index is 1060. The number of benzene rings is 2. The minimum absolute atomic E-state index is 0.00580.